The van der Waals surface area contributed by atoms with E-state index < -0.39 is 0 Å². The summed E-state index contributed by atoms with van der Waals surface area (Å²) in [5.41, 5.74) is 0. The van der Waals surface area contributed by atoms with Gasteiger partial charge in [-0.25, -0.2) is 0 Å². The van der Waals surface area contributed by atoms with Gasteiger partial charge in [0.2, 0.25) is 5.91 Å². The Morgan fingerprint density at radius 1 is 1.05 bits per heavy atom. The zero-order valence-corrected chi connectivity index (χ0v) is 12.8. The second-order valence-electron chi connectivity index (χ2n) is 6.28. The minimum absolute atomic E-state index is 0.420. The summed E-state index contributed by atoms with van der Waals surface area (Å²) in [6.07, 6.45) is 13.2. The lowest BCUT2D eigenvalue weighted by Crippen LogP contribution is -2.36. The highest BCUT2D eigenvalue weighted by Gasteiger charge is 2.29. The normalized spacial score (nSPS) is 25.5. The van der Waals surface area contributed by atoms with Crippen LogP contribution in [0, 0.1) is 5.92 Å². The number of hydrogen-bond acceptors (Lipinski definition) is 1. The van der Waals surface area contributed by atoms with E-state index in [4.69, 9.17) is 11.6 Å². The monoisotopic (exact) mass is 285 g/mol. The lowest BCUT2D eigenvalue weighted by atomic mass is 9.95. The molecule has 2 fully saturated rings. The van der Waals surface area contributed by atoms with Crippen molar-refractivity contribution in [2.24, 2.45) is 5.92 Å². The molecule has 1 aliphatic heterocycles. The molecular formula is C16H28ClNO. The quantitative estimate of drug-likeness (QED) is 0.543. The van der Waals surface area contributed by atoms with Crippen molar-refractivity contribution >= 4 is 17.5 Å². The summed E-state index contributed by atoms with van der Waals surface area (Å²) in [7, 11) is 0. The largest absolute Gasteiger partial charge is 0.340 e. The SMILES string of the molecule is O=C(CC1CCCCCC1)N1CCCC1CCCCl. The number of halogens is 1. The molecule has 110 valence electrons. The summed E-state index contributed by atoms with van der Waals surface area (Å²) in [6.45, 7) is 0.985. The predicted molar refractivity (Wildman–Crippen MR) is 80.5 cm³/mol. The van der Waals surface area contributed by atoms with Crippen LogP contribution in [0.25, 0.3) is 0 Å². The first-order valence-electron chi connectivity index (χ1n) is 8.16. The molecule has 2 aliphatic rings. The van der Waals surface area contributed by atoms with Crippen molar-refractivity contribution in [3.05, 3.63) is 0 Å². The number of alkyl halides is 1. The Labute approximate surface area is 122 Å². The number of nitrogens with zero attached hydrogens (tertiary/aromatic N) is 1. The molecule has 3 heteroatoms. The fourth-order valence-corrected chi connectivity index (χ4v) is 3.86. The molecule has 0 aromatic rings. The van der Waals surface area contributed by atoms with Crippen molar-refractivity contribution in [3.8, 4) is 0 Å². The minimum Gasteiger partial charge on any atom is -0.340 e. The molecule has 19 heavy (non-hydrogen) atoms. The second-order valence-corrected chi connectivity index (χ2v) is 6.65. The summed E-state index contributed by atoms with van der Waals surface area (Å²) in [4.78, 5) is 14.7. The maximum absolute atomic E-state index is 12.5. The lowest BCUT2D eigenvalue weighted by Gasteiger charge is -2.26. The van der Waals surface area contributed by atoms with Crippen LogP contribution in [0.4, 0.5) is 0 Å². The number of amides is 1. The molecule has 1 atom stereocenters. The predicted octanol–water partition coefficient (Wildman–Crippen LogP) is 4.36. The molecule has 1 aliphatic carbocycles. The number of carbonyl (C=O) groups is 1. The molecule has 1 heterocycles. The first-order valence-corrected chi connectivity index (χ1v) is 8.70. The smallest absolute Gasteiger partial charge is 0.223 e. The minimum atomic E-state index is 0.420. The number of hydrogen-bond donors (Lipinski definition) is 0. The van der Waals surface area contributed by atoms with Crippen LogP contribution in [0.2, 0.25) is 0 Å². The van der Waals surface area contributed by atoms with Crippen LogP contribution in [-0.2, 0) is 4.79 Å². The van der Waals surface area contributed by atoms with Crippen LogP contribution in [-0.4, -0.2) is 29.3 Å². The Morgan fingerprint density at radius 3 is 2.47 bits per heavy atom. The van der Waals surface area contributed by atoms with Crippen molar-refractivity contribution in [1.82, 2.24) is 4.90 Å². The van der Waals surface area contributed by atoms with Crippen LogP contribution < -0.4 is 0 Å². The maximum Gasteiger partial charge on any atom is 0.223 e. The van der Waals surface area contributed by atoms with Crippen molar-refractivity contribution in [2.75, 3.05) is 12.4 Å². The Bertz CT molecular complexity index is 274. The highest BCUT2D eigenvalue weighted by atomic mass is 35.5. The van der Waals surface area contributed by atoms with Gasteiger partial charge in [-0.1, -0.05) is 25.7 Å². The molecule has 0 aromatic carbocycles. The summed E-state index contributed by atoms with van der Waals surface area (Å²) >= 11 is 5.78. The van der Waals surface area contributed by atoms with Gasteiger partial charge < -0.3 is 4.90 Å². The fourth-order valence-electron chi connectivity index (χ4n) is 3.71. The Morgan fingerprint density at radius 2 is 1.79 bits per heavy atom. The van der Waals surface area contributed by atoms with Gasteiger partial charge in [-0.2, -0.15) is 0 Å². The Hall–Kier alpha value is -0.240. The van der Waals surface area contributed by atoms with Crippen LogP contribution in [0.5, 0.6) is 0 Å². The average Bonchev–Trinajstić information content (AvgIpc) is 2.74. The summed E-state index contributed by atoms with van der Waals surface area (Å²) in [6, 6.07) is 0.483. The molecule has 1 saturated carbocycles. The summed E-state index contributed by atoms with van der Waals surface area (Å²) in [5, 5.41) is 0. The van der Waals surface area contributed by atoms with Crippen LogP contribution in [0.1, 0.15) is 70.6 Å². The van der Waals surface area contributed by atoms with Crippen LogP contribution >= 0.6 is 11.6 Å². The lowest BCUT2D eigenvalue weighted by molar-refractivity contribution is -0.133. The van der Waals surface area contributed by atoms with E-state index in [1.807, 2.05) is 0 Å². The van der Waals surface area contributed by atoms with E-state index in [-0.39, 0.29) is 0 Å². The van der Waals surface area contributed by atoms with Gasteiger partial charge in [0.15, 0.2) is 0 Å². The molecule has 1 unspecified atom stereocenters. The molecule has 0 aromatic heterocycles. The van der Waals surface area contributed by atoms with E-state index in [1.165, 1.54) is 51.4 Å². The molecule has 0 spiro atoms. The van der Waals surface area contributed by atoms with E-state index in [1.54, 1.807) is 0 Å². The van der Waals surface area contributed by atoms with E-state index in [9.17, 15) is 4.79 Å². The van der Waals surface area contributed by atoms with E-state index in [0.717, 1.165) is 31.7 Å². The second kappa shape index (κ2) is 8.14. The molecule has 0 radical (unpaired) electrons. The molecule has 2 nitrogen and oxygen atoms in total. The molecule has 1 saturated heterocycles. The van der Waals surface area contributed by atoms with Crippen molar-refractivity contribution in [2.45, 2.75) is 76.7 Å². The van der Waals surface area contributed by atoms with Gasteiger partial charge in [0.25, 0.3) is 0 Å². The van der Waals surface area contributed by atoms with Crippen molar-refractivity contribution < 1.29 is 4.79 Å². The molecule has 0 bridgehead atoms. The third-order valence-corrected chi connectivity index (χ3v) is 5.07. The maximum atomic E-state index is 12.5. The highest BCUT2D eigenvalue weighted by Crippen LogP contribution is 2.28. The average molecular weight is 286 g/mol. The zero-order chi connectivity index (χ0) is 13.5. The van der Waals surface area contributed by atoms with Gasteiger partial charge in [0.1, 0.15) is 0 Å². The first-order chi connectivity index (χ1) is 9.31. The number of carbonyl (C=O) groups excluding carboxylic acids is 1. The van der Waals surface area contributed by atoms with Crippen molar-refractivity contribution in [1.29, 1.82) is 0 Å². The summed E-state index contributed by atoms with van der Waals surface area (Å²) in [5.74, 6) is 1.80. The van der Waals surface area contributed by atoms with Gasteiger partial charge in [0.05, 0.1) is 0 Å². The van der Waals surface area contributed by atoms with Gasteiger partial charge in [-0.05, 0) is 44.4 Å². The third kappa shape index (κ3) is 4.66. The Balaban J connectivity index is 1.80. The third-order valence-electron chi connectivity index (χ3n) is 4.81. The topological polar surface area (TPSA) is 20.3 Å². The molecular weight excluding hydrogens is 258 g/mol. The fraction of sp³-hybridized carbons (Fsp3) is 0.938. The van der Waals surface area contributed by atoms with Crippen LogP contribution in [0.3, 0.4) is 0 Å². The van der Waals surface area contributed by atoms with Gasteiger partial charge >= 0.3 is 0 Å². The molecule has 2 rings (SSSR count). The van der Waals surface area contributed by atoms with E-state index in [0.29, 0.717) is 17.9 Å². The molecule has 1 amide bonds. The standard InChI is InChI=1S/C16H28ClNO/c17-11-5-9-15-10-6-12-18(15)16(19)13-14-7-3-1-2-4-8-14/h14-15H,1-13H2. The molecule has 0 N–H and O–H groups in total. The van der Waals surface area contributed by atoms with E-state index in [2.05, 4.69) is 4.90 Å². The first kappa shape index (κ1) is 15.2. The van der Waals surface area contributed by atoms with Gasteiger partial charge in [0, 0.05) is 24.9 Å². The van der Waals surface area contributed by atoms with Gasteiger partial charge in [-0.3, -0.25) is 4.79 Å². The van der Waals surface area contributed by atoms with Crippen LogP contribution in [0.15, 0.2) is 0 Å². The zero-order valence-electron chi connectivity index (χ0n) is 12.1. The van der Waals surface area contributed by atoms with Crippen molar-refractivity contribution in [3.63, 3.8) is 0 Å². The Kier molecular flexibility index (Phi) is 6.49. The number of rotatable bonds is 5. The summed E-state index contributed by atoms with van der Waals surface area (Å²) < 4.78 is 0. The van der Waals surface area contributed by atoms with E-state index >= 15 is 0 Å². The number of likely N-dealkylation sites (tertiary alicyclic amines) is 1. The van der Waals surface area contributed by atoms with Gasteiger partial charge in [-0.15, -0.1) is 11.6 Å². The highest BCUT2D eigenvalue weighted by molar-refractivity contribution is 6.17.